The molecule has 22 heavy (non-hydrogen) atoms. The topological polar surface area (TPSA) is 131 Å². The van der Waals surface area contributed by atoms with Crippen LogP contribution in [0.4, 0.5) is 0 Å². The first-order valence-corrected chi connectivity index (χ1v) is 7.05. The second-order valence-corrected chi connectivity index (χ2v) is 5.30. The number of ether oxygens (including phenoxy) is 3. The van der Waals surface area contributed by atoms with Crippen LogP contribution in [0.5, 0.6) is 0 Å². The van der Waals surface area contributed by atoms with Gasteiger partial charge in [-0.1, -0.05) is 5.11 Å². The molecule has 0 aromatic heterocycles. The predicted molar refractivity (Wildman–Crippen MR) is 74.7 cm³/mol. The van der Waals surface area contributed by atoms with E-state index in [1.54, 1.807) is 20.8 Å². The number of azide groups is 1. The summed E-state index contributed by atoms with van der Waals surface area (Å²) in [5, 5.41) is 13.6. The second-order valence-electron chi connectivity index (χ2n) is 5.30. The first kappa shape index (κ1) is 18.4. The summed E-state index contributed by atoms with van der Waals surface area (Å²) in [5.41, 5.74) is 8.29. The molecular formula is C13H21N3O6. The fourth-order valence-corrected chi connectivity index (χ4v) is 2.24. The minimum Gasteiger partial charge on any atom is -0.460 e. The molecule has 124 valence electrons. The van der Waals surface area contributed by atoms with Crippen LogP contribution in [0.2, 0.25) is 0 Å². The normalized spacial score (nSPS) is 24.4. The Labute approximate surface area is 128 Å². The molecule has 3 atom stereocenters. The molecule has 0 saturated carbocycles. The van der Waals surface area contributed by atoms with Gasteiger partial charge in [0, 0.05) is 17.9 Å². The molecule has 1 saturated heterocycles. The number of rotatable bonds is 8. The highest BCUT2D eigenvalue weighted by Gasteiger charge is 2.45. The van der Waals surface area contributed by atoms with Crippen LogP contribution in [0.1, 0.15) is 33.6 Å². The number of carbonyl (C=O) groups is 2. The van der Waals surface area contributed by atoms with Crippen molar-refractivity contribution in [3.63, 3.8) is 0 Å². The van der Waals surface area contributed by atoms with Crippen molar-refractivity contribution in [2.45, 2.75) is 57.7 Å². The largest absolute Gasteiger partial charge is 0.460 e. The van der Waals surface area contributed by atoms with Crippen molar-refractivity contribution in [3.05, 3.63) is 10.4 Å². The molecule has 1 N–H and O–H groups in total. The molecule has 1 unspecified atom stereocenters. The molecular weight excluding hydrogens is 294 g/mol. The van der Waals surface area contributed by atoms with E-state index in [9.17, 15) is 14.7 Å². The van der Waals surface area contributed by atoms with Crippen LogP contribution >= 0.6 is 0 Å². The van der Waals surface area contributed by atoms with Gasteiger partial charge in [-0.15, -0.1) is 0 Å². The third kappa shape index (κ3) is 5.27. The number of nitrogens with zero attached hydrogens (tertiary/aromatic N) is 3. The van der Waals surface area contributed by atoms with Gasteiger partial charge in [0.25, 0.3) is 0 Å². The van der Waals surface area contributed by atoms with Gasteiger partial charge < -0.3 is 19.3 Å². The first-order valence-electron chi connectivity index (χ1n) is 7.05. The zero-order chi connectivity index (χ0) is 16.8. The number of aliphatic hydroxyl groups is 1. The van der Waals surface area contributed by atoms with E-state index < -0.39 is 42.3 Å². The summed E-state index contributed by atoms with van der Waals surface area (Å²) >= 11 is 0. The number of hydrogen-bond acceptors (Lipinski definition) is 7. The average Bonchev–Trinajstić information content (AvgIpc) is 2.74. The van der Waals surface area contributed by atoms with Crippen molar-refractivity contribution >= 4 is 11.8 Å². The lowest BCUT2D eigenvalue weighted by atomic mass is 10.0. The summed E-state index contributed by atoms with van der Waals surface area (Å²) in [5.74, 6) is -2.73. The standard InChI is InChI=1S/C13H21N3O6/c1-4-20-12(19)9(18)7-8(17)11-10(5-6-15-16-14)21-13(2,3)22-11/h8,10-11,17H,4-7H2,1-3H3/t8?,10-,11-/m1/s1. The molecule has 1 aliphatic heterocycles. The molecule has 1 heterocycles. The Kier molecular flexibility index (Phi) is 6.76. The van der Waals surface area contributed by atoms with Crippen molar-refractivity contribution in [2.75, 3.05) is 13.2 Å². The van der Waals surface area contributed by atoms with Crippen molar-refractivity contribution in [2.24, 2.45) is 5.11 Å². The highest BCUT2D eigenvalue weighted by molar-refractivity contribution is 6.33. The molecule has 0 amide bonds. The van der Waals surface area contributed by atoms with Crippen molar-refractivity contribution in [1.29, 1.82) is 0 Å². The van der Waals surface area contributed by atoms with E-state index in [1.165, 1.54) is 0 Å². The smallest absolute Gasteiger partial charge is 0.374 e. The summed E-state index contributed by atoms with van der Waals surface area (Å²) in [4.78, 5) is 25.6. The number of Topliss-reactive ketones (excluding diaryl/α,β-unsaturated/α-hetero) is 1. The maximum atomic E-state index is 11.6. The van der Waals surface area contributed by atoms with Gasteiger partial charge >= 0.3 is 5.97 Å². The van der Waals surface area contributed by atoms with Crippen LogP contribution in [-0.4, -0.2) is 54.1 Å². The molecule has 0 aliphatic carbocycles. The quantitative estimate of drug-likeness (QED) is 0.234. The maximum Gasteiger partial charge on any atom is 0.374 e. The van der Waals surface area contributed by atoms with Gasteiger partial charge in [-0.2, -0.15) is 0 Å². The second kappa shape index (κ2) is 8.09. The van der Waals surface area contributed by atoms with E-state index in [0.29, 0.717) is 6.42 Å². The number of ketones is 1. The molecule has 0 aromatic rings. The van der Waals surface area contributed by atoms with Crippen LogP contribution in [0.25, 0.3) is 10.4 Å². The Morgan fingerprint density at radius 3 is 2.73 bits per heavy atom. The molecule has 1 fully saturated rings. The van der Waals surface area contributed by atoms with E-state index >= 15 is 0 Å². The minimum atomic E-state index is -1.21. The van der Waals surface area contributed by atoms with E-state index in [-0.39, 0.29) is 13.2 Å². The van der Waals surface area contributed by atoms with Crippen LogP contribution < -0.4 is 0 Å². The lowest BCUT2D eigenvalue weighted by Crippen LogP contribution is -2.38. The molecule has 0 bridgehead atoms. The summed E-state index contributed by atoms with van der Waals surface area (Å²) in [7, 11) is 0. The SMILES string of the molecule is CCOC(=O)C(=O)CC(O)[C@H]1OC(C)(C)O[C@@H]1CCN=[N+]=[N-]. The number of carbonyl (C=O) groups excluding carboxylic acids is 2. The van der Waals surface area contributed by atoms with Crippen LogP contribution in [0.3, 0.4) is 0 Å². The monoisotopic (exact) mass is 315 g/mol. The maximum absolute atomic E-state index is 11.6. The Bertz CT molecular complexity index is 461. The summed E-state index contributed by atoms with van der Waals surface area (Å²) in [6.07, 6.45) is -2.62. The number of esters is 1. The van der Waals surface area contributed by atoms with Crippen LogP contribution in [-0.2, 0) is 23.8 Å². The first-order chi connectivity index (χ1) is 10.3. The van der Waals surface area contributed by atoms with Gasteiger partial charge in [0.05, 0.1) is 18.8 Å². The lowest BCUT2D eigenvalue weighted by molar-refractivity contribution is -0.160. The molecule has 9 heteroatoms. The van der Waals surface area contributed by atoms with E-state index in [1.807, 2.05) is 0 Å². The van der Waals surface area contributed by atoms with Crippen molar-refractivity contribution in [1.82, 2.24) is 0 Å². The Morgan fingerprint density at radius 2 is 2.14 bits per heavy atom. The third-order valence-electron chi connectivity index (χ3n) is 3.08. The van der Waals surface area contributed by atoms with E-state index in [4.69, 9.17) is 15.0 Å². The highest BCUT2D eigenvalue weighted by atomic mass is 16.8. The summed E-state index contributed by atoms with van der Waals surface area (Å²) in [6, 6.07) is 0. The van der Waals surface area contributed by atoms with Gasteiger partial charge in [0.15, 0.2) is 5.79 Å². The Morgan fingerprint density at radius 1 is 1.45 bits per heavy atom. The van der Waals surface area contributed by atoms with Crippen LogP contribution in [0.15, 0.2) is 5.11 Å². The zero-order valence-electron chi connectivity index (χ0n) is 12.9. The number of aliphatic hydroxyl groups excluding tert-OH is 1. The van der Waals surface area contributed by atoms with E-state index in [2.05, 4.69) is 14.8 Å². The van der Waals surface area contributed by atoms with Gasteiger partial charge in [-0.3, -0.25) is 4.79 Å². The molecule has 0 spiro atoms. The van der Waals surface area contributed by atoms with Gasteiger partial charge in [-0.25, -0.2) is 4.79 Å². The van der Waals surface area contributed by atoms with E-state index in [0.717, 1.165) is 0 Å². The van der Waals surface area contributed by atoms with Crippen molar-refractivity contribution in [3.8, 4) is 0 Å². The number of hydrogen-bond donors (Lipinski definition) is 1. The highest BCUT2D eigenvalue weighted by Crippen LogP contribution is 2.32. The summed E-state index contributed by atoms with van der Waals surface area (Å²) < 4.78 is 15.8. The van der Waals surface area contributed by atoms with Crippen molar-refractivity contribution < 1.29 is 28.9 Å². The van der Waals surface area contributed by atoms with Gasteiger partial charge in [0.1, 0.15) is 6.10 Å². The lowest BCUT2D eigenvalue weighted by Gasteiger charge is -2.21. The minimum absolute atomic E-state index is 0.0888. The Balaban J connectivity index is 2.66. The van der Waals surface area contributed by atoms with Crippen LogP contribution in [0, 0.1) is 0 Å². The molecule has 0 radical (unpaired) electrons. The van der Waals surface area contributed by atoms with Gasteiger partial charge in [-0.05, 0) is 32.7 Å². The molecule has 1 aliphatic rings. The third-order valence-corrected chi connectivity index (χ3v) is 3.08. The molecule has 1 rings (SSSR count). The molecule has 0 aromatic carbocycles. The molecule has 9 nitrogen and oxygen atoms in total. The average molecular weight is 315 g/mol. The fraction of sp³-hybridized carbons (Fsp3) is 0.846. The zero-order valence-corrected chi connectivity index (χ0v) is 12.9. The Hall–Kier alpha value is -1.67. The van der Waals surface area contributed by atoms with Gasteiger partial charge in [0.2, 0.25) is 5.78 Å². The predicted octanol–water partition coefficient (Wildman–Crippen LogP) is 1.09. The fourth-order valence-electron chi connectivity index (χ4n) is 2.24. The summed E-state index contributed by atoms with van der Waals surface area (Å²) in [6.45, 7) is 5.20.